The molecule has 0 saturated carbocycles. The van der Waals surface area contributed by atoms with Crippen molar-refractivity contribution in [3.63, 3.8) is 0 Å². The van der Waals surface area contributed by atoms with E-state index in [9.17, 15) is 0 Å². The third-order valence-electron chi connectivity index (χ3n) is 0. The van der Waals surface area contributed by atoms with E-state index in [1.54, 1.807) is 0 Å². The normalized spacial score (nSPS) is 4.00. The zero-order chi connectivity index (χ0) is 3.58. The second kappa shape index (κ2) is 11.5. The van der Waals surface area contributed by atoms with Gasteiger partial charge in [-0.15, -0.1) is 0 Å². The van der Waals surface area contributed by atoms with Crippen LogP contribution in [0.5, 0.6) is 0 Å². The molecule has 0 aliphatic rings. The monoisotopic (exact) mass is 342 g/mol. The van der Waals surface area contributed by atoms with Gasteiger partial charge < -0.3 is 14.1 Å². The van der Waals surface area contributed by atoms with Crippen molar-refractivity contribution in [1.29, 1.82) is 0 Å². The quantitative estimate of drug-likeness (QED) is 0.411. The van der Waals surface area contributed by atoms with Crippen molar-refractivity contribution in [1.82, 2.24) is 0 Å². The van der Waals surface area contributed by atoms with E-state index in [0.29, 0.717) is 0 Å². The molecule has 0 aromatic rings. The molecule has 0 bridgehead atoms. The second-order valence-corrected chi connectivity index (χ2v) is 0.750. The molecule has 0 radical (unpaired) electrons. The van der Waals surface area contributed by atoms with Crippen molar-refractivity contribution in [2.45, 2.75) is 0 Å². The van der Waals surface area contributed by atoms with Crippen LogP contribution in [-0.2, 0) is 4.46 Å². The van der Waals surface area contributed by atoms with Gasteiger partial charge in [0.05, 0.1) is 0 Å². The Balaban J connectivity index is -0.0000000450. The van der Waals surface area contributed by atoms with Crippen LogP contribution in [0.2, 0.25) is 0 Å². The summed E-state index contributed by atoms with van der Waals surface area (Å²) in [5, 5.41) is 0. The summed E-state index contributed by atoms with van der Waals surface area (Å²) in [5.74, 6) is 0. The number of hydrogen-bond donors (Lipinski definition) is 0. The van der Waals surface area contributed by atoms with Crippen LogP contribution in [0.4, 0.5) is 0 Å². The van der Waals surface area contributed by atoms with Crippen LogP contribution in [0.3, 0.4) is 0 Å². The molecule has 0 N–H and O–H groups in total. The average Bonchev–Trinajstić information content (AvgIpc) is 0.811. The SMILES string of the molecule is O=[Si]([O-])[O-].[Cs+].[Cs+]. The van der Waals surface area contributed by atoms with Crippen LogP contribution in [0.1, 0.15) is 0 Å². The van der Waals surface area contributed by atoms with Crippen molar-refractivity contribution in [3.8, 4) is 0 Å². The smallest absolute Gasteiger partial charge is 0.672 e. The Morgan fingerprint density at radius 3 is 1.17 bits per heavy atom. The van der Waals surface area contributed by atoms with Gasteiger partial charge >= 0.3 is 138 Å². The summed E-state index contributed by atoms with van der Waals surface area (Å²) < 4.78 is 8.52. The topological polar surface area (TPSA) is 63.2 Å². The Bertz CT molecular complexity index is 31.8. The van der Waals surface area contributed by atoms with Crippen molar-refractivity contribution >= 4 is 9.17 Å². The summed E-state index contributed by atoms with van der Waals surface area (Å²) in [4.78, 5) is 17.0. The Morgan fingerprint density at radius 1 is 1.17 bits per heavy atom. The first-order valence-corrected chi connectivity index (χ1v) is 1.84. The maximum absolute atomic E-state index is 8.52. The standard InChI is InChI=1S/2Cs.O3Si/c;;1-4(2)3/q2*+1;-2. The Labute approximate surface area is 155 Å². The third kappa shape index (κ3) is 25.2. The molecule has 0 unspecified atom stereocenters. The van der Waals surface area contributed by atoms with Gasteiger partial charge in [0.25, 0.3) is 0 Å². The van der Waals surface area contributed by atoms with E-state index in [2.05, 4.69) is 0 Å². The van der Waals surface area contributed by atoms with Crippen molar-refractivity contribution in [3.05, 3.63) is 0 Å². The van der Waals surface area contributed by atoms with Gasteiger partial charge in [0.15, 0.2) is 0 Å². The molecular formula is Cs2O3Si. The first kappa shape index (κ1) is 16.4. The zero-order valence-corrected chi connectivity index (χ0v) is 17.3. The van der Waals surface area contributed by atoms with Crippen molar-refractivity contribution in [2.24, 2.45) is 0 Å². The van der Waals surface area contributed by atoms with Crippen LogP contribution in [-0.4, -0.2) is 9.17 Å². The minimum absolute atomic E-state index is 0. The van der Waals surface area contributed by atoms with Gasteiger partial charge in [-0.1, -0.05) is 0 Å². The van der Waals surface area contributed by atoms with Gasteiger partial charge in [0.1, 0.15) is 0 Å². The maximum atomic E-state index is 8.52. The molecule has 0 aromatic heterocycles. The fourth-order valence-corrected chi connectivity index (χ4v) is 0. The predicted octanol–water partition coefficient (Wildman–Crippen LogP) is -8.87. The van der Waals surface area contributed by atoms with Gasteiger partial charge in [-0.3, -0.25) is 0 Å². The van der Waals surface area contributed by atoms with Crippen LogP contribution >= 0.6 is 0 Å². The molecule has 6 heavy (non-hydrogen) atoms. The molecule has 0 amide bonds. The van der Waals surface area contributed by atoms with Crippen LogP contribution < -0.4 is 147 Å². The maximum Gasteiger partial charge on any atom is 1.00 e. The predicted molar refractivity (Wildman–Crippen MR) is 6.44 cm³/mol. The van der Waals surface area contributed by atoms with Crippen molar-refractivity contribution < 1.29 is 152 Å². The summed E-state index contributed by atoms with van der Waals surface area (Å²) in [7, 11) is -3.63. The summed E-state index contributed by atoms with van der Waals surface area (Å²) in [6, 6.07) is 0. The molecule has 0 aliphatic carbocycles. The largest absolute Gasteiger partial charge is 1.00 e. The van der Waals surface area contributed by atoms with E-state index < -0.39 is 9.17 Å². The first-order chi connectivity index (χ1) is 1.73. The van der Waals surface area contributed by atoms with E-state index in [1.807, 2.05) is 0 Å². The minimum Gasteiger partial charge on any atom is -0.672 e. The van der Waals surface area contributed by atoms with Gasteiger partial charge in [0.2, 0.25) is 0 Å². The van der Waals surface area contributed by atoms with E-state index in [-0.39, 0.29) is 138 Å². The molecule has 6 heteroatoms. The third-order valence-corrected chi connectivity index (χ3v) is 0. The average molecular weight is 342 g/mol. The van der Waals surface area contributed by atoms with E-state index in [1.165, 1.54) is 0 Å². The molecular weight excluding hydrogens is 342 g/mol. The molecule has 0 aromatic carbocycles. The molecule has 0 aliphatic heterocycles. The van der Waals surface area contributed by atoms with E-state index in [0.717, 1.165) is 0 Å². The summed E-state index contributed by atoms with van der Waals surface area (Å²) in [6.45, 7) is 0. The summed E-state index contributed by atoms with van der Waals surface area (Å²) in [5.41, 5.74) is 0. The van der Waals surface area contributed by atoms with Gasteiger partial charge in [-0.2, -0.15) is 0 Å². The Hall–Kier alpha value is 3.72. The summed E-state index contributed by atoms with van der Waals surface area (Å²) >= 11 is 0. The van der Waals surface area contributed by atoms with Gasteiger partial charge in [0, 0.05) is 9.17 Å². The molecule has 24 valence electrons. The molecule has 0 heterocycles. The zero-order valence-electron chi connectivity index (χ0n) is 3.72. The van der Waals surface area contributed by atoms with Crippen LogP contribution in [0.25, 0.3) is 0 Å². The Morgan fingerprint density at radius 2 is 1.17 bits per heavy atom. The van der Waals surface area contributed by atoms with Gasteiger partial charge in [-0.25, -0.2) is 0 Å². The second-order valence-electron chi connectivity index (χ2n) is 0.250. The molecule has 0 saturated heterocycles. The Kier molecular flexibility index (Phi) is 31.4. The van der Waals surface area contributed by atoms with E-state index in [4.69, 9.17) is 14.1 Å². The fourth-order valence-electron chi connectivity index (χ4n) is 0. The molecule has 3 nitrogen and oxygen atoms in total. The first-order valence-electron chi connectivity index (χ1n) is 0.612. The molecule has 0 spiro atoms. The molecule has 0 atom stereocenters. The molecule has 0 fully saturated rings. The van der Waals surface area contributed by atoms with E-state index >= 15 is 0 Å². The van der Waals surface area contributed by atoms with Gasteiger partial charge in [-0.05, 0) is 0 Å². The number of rotatable bonds is 0. The minimum atomic E-state index is -3.63. The van der Waals surface area contributed by atoms with Crippen LogP contribution in [0.15, 0.2) is 0 Å². The molecule has 0 rings (SSSR count). The fraction of sp³-hybridized carbons (Fsp3) is 0. The van der Waals surface area contributed by atoms with Crippen molar-refractivity contribution in [2.75, 3.05) is 0 Å². The number of hydrogen-bond acceptors (Lipinski definition) is 3. The summed E-state index contributed by atoms with van der Waals surface area (Å²) in [6.07, 6.45) is 0. The van der Waals surface area contributed by atoms with Crippen LogP contribution in [0, 0.1) is 0 Å².